The van der Waals surface area contributed by atoms with Gasteiger partial charge in [0.2, 0.25) is 0 Å². The standard InChI is InChI=1S/C13H15NO/c1-8-5-11-7-12(10(3)15)14(4)13(11)6-9(8)2/h5-7H,1-4H3. The average molecular weight is 201 g/mol. The number of benzene rings is 1. The third-order valence-corrected chi connectivity index (χ3v) is 3.02. The van der Waals surface area contributed by atoms with E-state index in [1.54, 1.807) is 6.92 Å². The van der Waals surface area contributed by atoms with Crippen LogP contribution in [0.4, 0.5) is 0 Å². The Balaban J connectivity index is 2.83. The molecule has 0 aliphatic heterocycles. The predicted molar refractivity (Wildman–Crippen MR) is 62.4 cm³/mol. The largest absolute Gasteiger partial charge is 0.341 e. The van der Waals surface area contributed by atoms with Crippen LogP contribution in [0.1, 0.15) is 28.5 Å². The molecule has 1 heterocycles. The Bertz CT molecular complexity index is 549. The SMILES string of the molecule is CC(=O)c1cc2cc(C)c(C)cc2n1C. The highest BCUT2D eigenvalue weighted by molar-refractivity contribution is 5.98. The summed E-state index contributed by atoms with van der Waals surface area (Å²) in [4.78, 5) is 11.4. The van der Waals surface area contributed by atoms with Gasteiger partial charge in [-0.1, -0.05) is 0 Å². The van der Waals surface area contributed by atoms with Gasteiger partial charge in [-0.2, -0.15) is 0 Å². The van der Waals surface area contributed by atoms with E-state index >= 15 is 0 Å². The van der Waals surface area contributed by atoms with Gasteiger partial charge >= 0.3 is 0 Å². The molecule has 1 aromatic carbocycles. The number of nitrogens with zero attached hydrogens (tertiary/aromatic N) is 1. The molecule has 15 heavy (non-hydrogen) atoms. The van der Waals surface area contributed by atoms with Crippen LogP contribution in [-0.4, -0.2) is 10.4 Å². The summed E-state index contributed by atoms with van der Waals surface area (Å²) >= 11 is 0. The van der Waals surface area contributed by atoms with Crippen LogP contribution in [0.2, 0.25) is 0 Å². The molecule has 78 valence electrons. The van der Waals surface area contributed by atoms with Gasteiger partial charge in [-0.25, -0.2) is 0 Å². The quantitative estimate of drug-likeness (QED) is 0.650. The lowest BCUT2D eigenvalue weighted by Gasteiger charge is -2.03. The zero-order chi connectivity index (χ0) is 11.2. The van der Waals surface area contributed by atoms with Gasteiger partial charge in [0.25, 0.3) is 0 Å². The number of aryl methyl sites for hydroxylation is 3. The number of hydrogen-bond acceptors (Lipinski definition) is 1. The lowest BCUT2D eigenvalue weighted by molar-refractivity contribution is 0.101. The molecule has 0 bridgehead atoms. The fourth-order valence-electron chi connectivity index (χ4n) is 1.94. The highest BCUT2D eigenvalue weighted by Gasteiger charge is 2.09. The number of aromatic nitrogens is 1. The van der Waals surface area contributed by atoms with Crippen molar-refractivity contribution in [3.8, 4) is 0 Å². The van der Waals surface area contributed by atoms with E-state index in [1.807, 2.05) is 17.7 Å². The van der Waals surface area contributed by atoms with Crippen molar-refractivity contribution in [2.24, 2.45) is 7.05 Å². The monoisotopic (exact) mass is 201 g/mol. The molecule has 0 spiro atoms. The van der Waals surface area contributed by atoms with E-state index in [0.717, 1.165) is 16.6 Å². The van der Waals surface area contributed by atoms with Crippen molar-refractivity contribution >= 4 is 16.7 Å². The molecule has 0 aliphatic rings. The van der Waals surface area contributed by atoms with Crippen LogP contribution in [0.3, 0.4) is 0 Å². The minimum absolute atomic E-state index is 0.115. The summed E-state index contributed by atoms with van der Waals surface area (Å²) in [5.74, 6) is 0.115. The second-order valence-corrected chi connectivity index (χ2v) is 4.14. The number of rotatable bonds is 1. The molecule has 2 nitrogen and oxygen atoms in total. The Hall–Kier alpha value is -1.57. The van der Waals surface area contributed by atoms with Crippen molar-refractivity contribution in [1.82, 2.24) is 4.57 Å². The molecule has 0 aliphatic carbocycles. The lowest BCUT2D eigenvalue weighted by Crippen LogP contribution is -2.00. The molecule has 0 amide bonds. The minimum Gasteiger partial charge on any atom is -0.341 e. The fourth-order valence-corrected chi connectivity index (χ4v) is 1.94. The molecular formula is C13H15NO. The van der Waals surface area contributed by atoms with Gasteiger partial charge in [0.05, 0.1) is 5.69 Å². The Morgan fingerprint density at radius 1 is 1.13 bits per heavy atom. The van der Waals surface area contributed by atoms with E-state index < -0.39 is 0 Å². The van der Waals surface area contributed by atoms with Crippen molar-refractivity contribution in [2.75, 3.05) is 0 Å². The van der Waals surface area contributed by atoms with Crippen molar-refractivity contribution in [3.05, 3.63) is 35.0 Å². The van der Waals surface area contributed by atoms with Crippen LogP contribution < -0.4 is 0 Å². The van der Waals surface area contributed by atoms with Crippen LogP contribution >= 0.6 is 0 Å². The van der Waals surface area contributed by atoms with Gasteiger partial charge in [0.1, 0.15) is 0 Å². The first-order valence-corrected chi connectivity index (χ1v) is 5.08. The third-order valence-electron chi connectivity index (χ3n) is 3.02. The molecule has 2 heteroatoms. The van der Waals surface area contributed by atoms with Gasteiger partial charge < -0.3 is 4.57 Å². The fraction of sp³-hybridized carbons (Fsp3) is 0.308. The average Bonchev–Trinajstić information content (AvgIpc) is 2.46. The summed E-state index contributed by atoms with van der Waals surface area (Å²) in [6, 6.07) is 6.23. The van der Waals surface area contributed by atoms with E-state index in [9.17, 15) is 4.79 Å². The van der Waals surface area contributed by atoms with Crippen molar-refractivity contribution in [3.63, 3.8) is 0 Å². The minimum atomic E-state index is 0.115. The number of fused-ring (bicyclic) bond motifs is 1. The van der Waals surface area contributed by atoms with E-state index in [4.69, 9.17) is 0 Å². The smallest absolute Gasteiger partial charge is 0.176 e. The Morgan fingerprint density at radius 2 is 1.73 bits per heavy atom. The molecule has 0 atom stereocenters. The number of carbonyl (C=O) groups is 1. The summed E-state index contributed by atoms with van der Waals surface area (Å²) in [5, 5.41) is 1.14. The Kier molecular flexibility index (Phi) is 2.14. The summed E-state index contributed by atoms with van der Waals surface area (Å²) in [6.07, 6.45) is 0. The Labute approximate surface area is 89.5 Å². The second kappa shape index (κ2) is 3.23. The van der Waals surface area contributed by atoms with E-state index in [-0.39, 0.29) is 5.78 Å². The zero-order valence-corrected chi connectivity index (χ0v) is 9.59. The molecule has 0 saturated carbocycles. The molecule has 1 aromatic heterocycles. The molecule has 0 unspecified atom stereocenters. The van der Waals surface area contributed by atoms with Crippen LogP contribution in [0.15, 0.2) is 18.2 Å². The molecule has 2 rings (SSSR count). The maximum atomic E-state index is 11.4. The van der Waals surface area contributed by atoms with Crippen molar-refractivity contribution in [1.29, 1.82) is 0 Å². The summed E-state index contributed by atoms with van der Waals surface area (Å²) in [7, 11) is 1.94. The Morgan fingerprint density at radius 3 is 2.33 bits per heavy atom. The van der Waals surface area contributed by atoms with Crippen LogP contribution in [-0.2, 0) is 7.05 Å². The summed E-state index contributed by atoms with van der Waals surface area (Å²) in [5.41, 5.74) is 4.43. The first kappa shape index (κ1) is 9.97. The number of ketones is 1. The van der Waals surface area contributed by atoms with E-state index in [0.29, 0.717) is 0 Å². The zero-order valence-electron chi connectivity index (χ0n) is 9.59. The molecular weight excluding hydrogens is 186 g/mol. The second-order valence-electron chi connectivity index (χ2n) is 4.14. The normalized spacial score (nSPS) is 10.9. The van der Waals surface area contributed by atoms with Crippen molar-refractivity contribution < 1.29 is 4.79 Å². The number of Topliss-reactive ketones (excluding diaryl/α,β-unsaturated/α-hetero) is 1. The maximum Gasteiger partial charge on any atom is 0.176 e. The summed E-state index contributed by atoms with van der Waals surface area (Å²) < 4.78 is 1.96. The van der Waals surface area contributed by atoms with Gasteiger partial charge in [-0.05, 0) is 43.2 Å². The van der Waals surface area contributed by atoms with Crippen LogP contribution in [0.25, 0.3) is 10.9 Å². The van der Waals surface area contributed by atoms with Crippen LogP contribution in [0.5, 0.6) is 0 Å². The summed E-state index contributed by atoms with van der Waals surface area (Å²) in [6.45, 7) is 5.79. The van der Waals surface area contributed by atoms with Gasteiger partial charge in [-0.3, -0.25) is 4.79 Å². The lowest BCUT2D eigenvalue weighted by atomic mass is 10.1. The molecule has 2 aromatic rings. The topological polar surface area (TPSA) is 22.0 Å². The number of carbonyl (C=O) groups excluding carboxylic acids is 1. The first-order valence-electron chi connectivity index (χ1n) is 5.08. The van der Waals surface area contributed by atoms with Gasteiger partial charge in [0, 0.05) is 24.9 Å². The third kappa shape index (κ3) is 1.46. The molecule has 0 saturated heterocycles. The molecule has 0 fully saturated rings. The molecule has 0 radical (unpaired) electrons. The van der Waals surface area contributed by atoms with E-state index in [1.165, 1.54) is 11.1 Å². The number of hydrogen-bond donors (Lipinski definition) is 0. The van der Waals surface area contributed by atoms with Crippen LogP contribution in [0, 0.1) is 13.8 Å². The highest BCUT2D eigenvalue weighted by atomic mass is 16.1. The van der Waals surface area contributed by atoms with E-state index in [2.05, 4.69) is 26.0 Å². The van der Waals surface area contributed by atoms with Gasteiger partial charge in [0.15, 0.2) is 5.78 Å². The van der Waals surface area contributed by atoms with Gasteiger partial charge in [-0.15, -0.1) is 0 Å². The molecule has 0 N–H and O–H groups in total. The highest BCUT2D eigenvalue weighted by Crippen LogP contribution is 2.22. The first-order chi connectivity index (χ1) is 7.00. The van der Waals surface area contributed by atoms with Crippen molar-refractivity contribution in [2.45, 2.75) is 20.8 Å². The maximum absolute atomic E-state index is 11.4. The predicted octanol–water partition coefficient (Wildman–Crippen LogP) is 3.00.